The Bertz CT molecular complexity index is 1900. The lowest BCUT2D eigenvalue weighted by Crippen LogP contribution is -2.35. The second-order valence-corrected chi connectivity index (χ2v) is 12.6. The predicted molar refractivity (Wildman–Crippen MR) is 182 cm³/mol. The number of methoxy groups -OCH3 is 1. The van der Waals surface area contributed by atoms with Crippen LogP contribution in [-0.2, 0) is 36.1 Å². The molecule has 6 rings (SSSR count). The zero-order valence-electron chi connectivity index (χ0n) is 26.5. The number of hydrogen-bond acceptors (Lipinski definition) is 8. The minimum atomic E-state index is -0.905. The first-order valence-electron chi connectivity index (χ1n) is 15.5. The van der Waals surface area contributed by atoms with Gasteiger partial charge in [-0.15, -0.1) is 0 Å². The molecular formula is C34H35Cl2N7O5. The number of benzene rings is 2. The van der Waals surface area contributed by atoms with Crippen molar-refractivity contribution in [2.45, 2.75) is 38.4 Å². The molecule has 0 aliphatic carbocycles. The fourth-order valence-corrected chi connectivity index (χ4v) is 6.83. The third-order valence-corrected chi connectivity index (χ3v) is 9.46. The third-order valence-electron chi connectivity index (χ3n) is 8.67. The highest BCUT2D eigenvalue weighted by Gasteiger charge is 2.27. The number of fused-ring (bicyclic) bond motifs is 1. The van der Waals surface area contributed by atoms with Crippen LogP contribution < -0.4 is 20.7 Å². The molecule has 0 unspecified atom stereocenters. The number of carboxylic acids is 1. The van der Waals surface area contributed by atoms with E-state index < -0.39 is 11.9 Å². The van der Waals surface area contributed by atoms with Crippen LogP contribution in [0.2, 0.25) is 10.0 Å². The van der Waals surface area contributed by atoms with E-state index in [0.29, 0.717) is 83.0 Å². The maximum atomic E-state index is 13.4. The standard InChI is InChI=1S/C34H35Cl2N7O5/c1-42-26-11-13-43(18-29(45)46)17-25(26)40-33(42)34(47)41-24-5-3-4-22(30(24)35)23-10-12-38-32(31(23)36)19-6-7-20(27(14-19)48-2)15-37-16-21-8-9-28(44)39-21/h3-7,10,12,14,21,37H,8-9,11,13,15-18H2,1-2H3,(H,39,44)(H,41,47)(H,45,46)/t21-/m1/s1. The molecule has 0 saturated carbocycles. The van der Waals surface area contributed by atoms with Crippen LogP contribution in [0.25, 0.3) is 22.4 Å². The molecule has 250 valence electrons. The van der Waals surface area contributed by atoms with Crippen molar-refractivity contribution >= 4 is 46.7 Å². The minimum Gasteiger partial charge on any atom is -0.496 e. The Hall–Kier alpha value is -4.49. The van der Waals surface area contributed by atoms with Gasteiger partial charge in [0.1, 0.15) is 5.75 Å². The number of carbonyl (C=O) groups excluding carboxylic acids is 2. The van der Waals surface area contributed by atoms with Crippen LogP contribution in [0.3, 0.4) is 0 Å². The molecule has 4 aromatic rings. The first kappa shape index (κ1) is 33.4. The average molecular weight is 693 g/mol. The van der Waals surface area contributed by atoms with E-state index in [1.54, 1.807) is 48.0 Å². The lowest BCUT2D eigenvalue weighted by molar-refractivity contribution is -0.138. The van der Waals surface area contributed by atoms with Gasteiger partial charge in [0, 0.05) is 86.3 Å². The Morgan fingerprint density at radius 3 is 2.69 bits per heavy atom. The van der Waals surface area contributed by atoms with Crippen LogP contribution in [0.1, 0.15) is 40.4 Å². The van der Waals surface area contributed by atoms with Gasteiger partial charge in [-0.1, -0.05) is 47.5 Å². The van der Waals surface area contributed by atoms with Gasteiger partial charge in [-0.25, -0.2) is 4.98 Å². The lowest BCUT2D eigenvalue weighted by atomic mass is 10.0. The van der Waals surface area contributed by atoms with Gasteiger partial charge in [-0.05, 0) is 24.6 Å². The van der Waals surface area contributed by atoms with Crippen molar-refractivity contribution in [2.75, 3.05) is 32.1 Å². The van der Waals surface area contributed by atoms with Crippen LogP contribution in [0.5, 0.6) is 5.75 Å². The summed E-state index contributed by atoms with van der Waals surface area (Å²) in [6.45, 7) is 2.07. The van der Waals surface area contributed by atoms with Crippen molar-refractivity contribution in [3.05, 3.63) is 81.5 Å². The normalized spacial score (nSPS) is 16.0. The van der Waals surface area contributed by atoms with Crippen molar-refractivity contribution < 1.29 is 24.2 Å². The number of anilines is 1. The van der Waals surface area contributed by atoms with Gasteiger partial charge in [-0.3, -0.25) is 24.3 Å². The Morgan fingerprint density at radius 1 is 1.12 bits per heavy atom. The largest absolute Gasteiger partial charge is 0.496 e. The maximum Gasteiger partial charge on any atom is 0.317 e. The van der Waals surface area contributed by atoms with Crippen LogP contribution in [-0.4, -0.2) is 75.1 Å². The van der Waals surface area contributed by atoms with Gasteiger partial charge in [0.25, 0.3) is 5.91 Å². The fraction of sp³-hybridized carbons (Fsp3) is 0.324. The summed E-state index contributed by atoms with van der Waals surface area (Å²) >= 11 is 13.9. The summed E-state index contributed by atoms with van der Waals surface area (Å²) in [5, 5.41) is 19.1. The van der Waals surface area contributed by atoms with E-state index in [4.69, 9.17) is 33.0 Å². The number of pyridine rings is 1. The molecular weight excluding hydrogens is 657 g/mol. The summed E-state index contributed by atoms with van der Waals surface area (Å²) in [5.41, 5.74) is 5.47. The second kappa shape index (κ2) is 14.3. The number of carboxylic acid groups (broad SMARTS) is 1. The van der Waals surface area contributed by atoms with Crippen LogP contribution in [0.4, 0.5) is 5.69 Å². The van der Waals surface area contributed by atoms with E-state index in [9.17, 15) is 14.4 Å². The van der Waals surface area contributed by atoms with Crippen LogP contribution >= 0.6 is 23.2 Å². The van der Waals surface area contributed by atoms with E-state index in [-0.39, 0.29) is 24.3 Å². The van der Waals surface area contributed by atoms with Crippen molar-refractivity contribution in [2.24, 2.45) is 7.05 Å². The first-order chi connectivity index (χ1) is 23.1. The number of rotatable bonds is 11. The van der Waals surface area contributed by atoms with Crippen molar-refractivity contribution in [3.8, 4) is 28.1 Å². The molecule has 1 atom stereocenters. The quantitative estimate of drug-likeness (QED) is 0.178. The molecule has 2 aliphatic heterocycles. The van der Waals surface area contributed by atoms with E-state index in [0.717, 1.165) is 23.2 Å². The zero-order valence-corrected chi connectivity index (χ0v) is 28.0. The number of imidazole rings is 1. The predicted octanol–water partition coefficient (Wildman–Crippen LogP) is 4.53. The summed E-state index contributed by atoms with van der Waals surface area (Å²) in [6, 6.07) is 13.0. The van der Waals surface area contributed by atoms with Gasteiger partial charge in [0.15, 0.2) is 5.82 Å². The highest BCUT2D eigenvalue weighted by atomic mass is 35.5. The summed E-state index contributed by atoms with van der Waals surface area (Å²) in [4.78, 5) is 47.0. The molecule has 2 amide bonds. The molecule has 12 nitrogen and oxygen atoms in total. The van der Waals surface area contributed by atoms with E-state index in [1.807, 2.05) is 24.3 Å². The highest BCUT2D eigenvalue weighted by molar-refractivity contribution is 6.39. The zero-order chi connectivity index (χ0) is 33.9. The van der Waals surface area contributed by atoms with E-state index >= 15 is 0 Å². The number of amides is 2. The van der Waals surface area contributed by atoms with Gasteiger partial charge in [-0.2, -0.15) is 0 Å². The molecule has 2 aromatic carbocycles. The smallest absolute Gasteiger partial charge is 0.317 e. The average Bonchev–Trinajstić information content (AvgIpc) is 3.63. The molecule has 2 aliphatic rings. The summed E-state index contributed by atoms with van der Waals surface area (Å²) in [5.74, 6) is -0.373. The number of nitrogens with one attached hydrogen (secondary N) is 3. The molecule has 48 heavy (non-hydrogen) atoms. The molecule has 2 aromatic heterocycles. The van der Waals surface area contributed by atoms with Gasteiger partial charge < -0.3 is 30.4 Å². The molecule has 0 bridgehead atoms. The topological polar surface area (TPSA) is 151 Å². The Morgan fingerprint density at radius 2 is 1.94 bits per heavy atom. The molecule has 14 heteroatoms. The van der Waals surface area contributed by atoms with Crippen molar-refractivity contribution in [1.82, 2.24) is 30.1 Å². The van der Waals surface area contributed by atoms with Crippen molar-refractivity contribution in [1.29, 1.82) is 0 Å². The Labute approximate surface area is 287 Å². The van der Waals surface area contributed by atoms with Crippen LogP contribution in [0, 0.1) is 0 Å². The summed E-state index contributed by atoms with van der Waals surface area (Å²) in [6.07, 6.45) is 3.63. The number of aliphatic carboxylic acids is 1. The number of hydrogen-bond donors (Lipinski definition) is 4. The van der Waals surface area contributed by atoms with E-state index in [2.05, 4.69) is 25.9 Å². The number of carbonyl (C=O) groups is 3. The van der Waals surface area contributed by atoms with Gasteiger partial charge >= 0.3 is 5.97 Å². The Kier molecular flexibility index (Phi) is 9.97. The molecule has 4 N–H and O–H groups in total. The number of aromatic nitrogens is 3. The van der Waals surface area contributed by atoms with Crippen LogP contribution in [0.15, 0.2) is 48.7 Å². The number of ether oxygens (including phenoxy) is 1. The Balaban J connectivity index is 1.20. The summed E-state index contributed by atoms with van der Waals surface area (Å²) in [7, 11) is 3.39. The first-order valence-corrected chi connectivity index (χ1v) is 16.3. The monoisotopic (exact) mass is 691 g/mol. The van der Waals surface area contributed by atoms with Gasteiger partial charge in [0.2, 0.25) is 5.91 Å². The second-order valence-electron chi connectivity index (χ2n) is 11.8. The third kappa shape index (κ3) is 7.02. The fourth-order valence-electron chi connectivity index (χ4n) is 6.23. The lowest BCUT2D eigenvalue weighted by Gasteiger charge is -2.24. The molecule has 0 radical (unpaired) electrons. The molecule has 4 heterocycles. The van der Waals surface area contributed by atoms with Crippen molar-refractivity contribution in [3.63, 3.8) is 0 Å². The number of nitrogens with zero attached hydrogens (tertiary/aromatic N) is 4. The molecule has 1 saturated heterocycles. The van der Waals surface area contributed by atoms with Gasteiger partial charge in [0.05, 0.1) is 40.8 Å². The molecule has 1 fully saturated rings. The maximum absolute atomic E-state index is 13.4. The number of halogens is 2. The molecule has 0 spiro atoms. The summed E-state index contributed by atoms with van der Waals surface area (Å²) < 4.78 is 7.44. The highest BCUT2D eigenvalue weighted by Crippen LogP contribution is 2.41. The SMILES string of the molecule is COc1cc(-c2nccc(-c3cccc(NC(=O)c4nc5c(n4C)CCN(CC(=O)O)C5)c3Cl)c2Cl)ccc1CNC[C@H]1CCC(=O)N1. The van der Waals surface area contributed by atoms with E-state index in [1.165, 1.54) is 0 Å². The minimum absolute atomic E-state index is 0.0845.